The summed E-state index contributed by atoms with van der Waals surface area (Å²) < 4.78 is 0. The van der Waals surface area contributed by atoms with Gasteiger partial charge in [0.05, 0.1) is 10.5 Å². The van der Waals surface area contributed by atoms with Gasteiger partial charge in [0.15, 0.2) is 5.78 Å². The van der Waals surface area contributed by atoms with Gasteiger partial charge in [0.2, 0.25) is 0 Å². The molecule has 0 aliphatic heterocycles. The van der Waals surface area contributed by atoms with E-state index < -0.39 is 16.3 Å². The summed E-state index contributed by atoms with van der Waals surface area (Å²) in [6.07, 6.45) is 2.90. The Hall–Kier alpha value is -4.03. The first-order valence-electron chi connectivity index (χ1n) is 9.32. The fourth-order valence-corrected chi connectivity index (χ4v) is 3.49. The van der Waals surface area contributed by atoms with E-state index >= 15 is 0 Å². The number of fused-ring (bicyclic) bond motifs is 1. The van der Waals surface area contributed by atoms with Crippen LogP contribution in [0.15, 0.2) is 83.7 Å². The highest BCUT2D eigenvalue weighted by Gasteiger charge is 2.21. The normalized spacial score (nSPS) is 11.1. The van der Waals surface area contributed by atoms with E-state index in [1.54, 1.807) is 54.6 Å². The number of carbonyl (C=O) groups excluding carboxylic acids is 1. The standard InChI is InChI=1S/C24H15ClN2O4/c25-17-9-6-15(7-10-17)8-13-21(28)23-22(16-4-2-1-3-5-16)19-14-18(27(30)31)11-12-20(19)26-24(23)29/h1-14H,(H,26,29)/b13-8+. The number of aromatic nitrogens is 1. The lowest BCUT2D eigenvalue weighted by Gasteiger charge is -2.11. The fraction of sp³-hybridized carbons (Fsp3) is 0. The summed E-state index contributed by atoms with van der Waals surface area (Å²) >= 11 is 5.89. The Kier molecular flexibility index (Phi) is 5.47. The highest BCUT2D eigenvalue weighted by Crippen LogP contribution is 2.32. The van der Waals surface area contributed by atoms with Gasteiger partial charge in [-0.1, -0.05) is 60.1 Å². The van der Waals surface area contributed by atoms with Crippen LogP contribution in [0.2, 0.25) is 5.02 Å². The van der Waals surface area contributed by atoms with Crippen LogP contribution in [-0.2, 0) is 0 Å². The monoisotopic (exact) mass is 430 g/mol. The molecule has 3 aromatic carbocycles. The van der Waals surface area contributed by atoms with Crippen LogP contribution in [0, 0.1) is 10.1 Å². The van der Waals surface area contributed by atoms with Gasteiger partial charge in [-0.25, -0.2) is 0 Å². The summed E-state index contributed by atoms with van der Waals surface area (Å²) in [5, 5.41) is 12.3. The molecule has 0 unspecified atom stereocenters. The van der Waals surface area contributed by atoms with Crippen molar-refractivity contribution in [1.29, 1.82) is 0 Å². The van der Waals surface area contributed by atoms with Gasteiger partial charge < -0.3 is 4.98 Å². The minimum atomic E-state index is -0.564. The van der Waals surface area contributed by atoms with E-state index in [1.165, 1.54) is 24.3 Å². The number of hydrogen-bond donors (Lipinski definition) is 1. The van der Waals surface area contributed by atoms with Gasteiger partial charge >= 0.3 is 0 Å². The third kappa shape index (κ3) is 4.15. The molecule has 4 rings (SSSR count). The van der Waals surface area contributed by atoms with Gasteiger partial charge in [0.1, 0.15) is 0 Å². The van der Waals surface area contributed by atoms with Crippen LogP contribution < -0.4 is 5.56 Å². The van der Waals surface area contributed by atoms with Crippen molar-refractivity contribution < 1.29 is 9.72 Å². The summed E-state index contributed by atoms with van der Waals surface area (Å²) in [5.41, 5.74) is 1.35. The number of halogens is 1. The lowest BCUT2D eigenvalue weighted by molar-refractivity contribution is -0.384. The number of hydrogen-bond acceptors (Lipinski definition) is 4. The van der Waals surface area contributed by atoms with Gasteiger partial charge in [-0.2, -0.15) is 0 Å². The highest BCUT2D eigenvalue weighted by atomic mass is 35.5. The summed E-state index contributed by atoms with van der Waals surface area (Å²) in [6, 6.07) is 19.9. The number of H-pyrrole nitrogens is 1. The molecule has 0 radical (unpaired) electrons. The molecule has 152 valence electrons. The molecule has 1 aromatic heterocycles. The Labute approximate surface area is 181 Å². The fourth-order valence-electron chi connectivity index (χ4n) is 3.36. The van der Waals surface area contributed by atoms with Crippen molar-refractivity contribution in [3.63, 3.8) is 0 Å². The summed E-state index contributed by atoms with van der Waals surface area (Å²) in [7, 11) is 0. The van der Waals surface area contributed by atoms with E-state index in [0.29, 0.717) is 27.1 Å². The van der Waals surface area contributed by atoms with Crippen molar-refractivity contribution in [2.45, 2.75) is 0 Å². The zero-order valence-corrected chi connectivity index (χ0v) is 16.8. The maximum absolute atomic E-state index is 13.1. The second-order valence-corrected chi connectivity index (χ2v) is 7.24. The molecule has 0 saturated heterocycles. The SMILES string of the molecule is O=C(/C=C/c1ccc(Cl)cc1)c1c(-c2ccccc2)c2cc([N+](=O)[O-])ccc2[nH]c1=O. The van der Waals surface area contributed by atoms with E-state index in [0.717, 1.165) is 5.56 Å². The summed E-state index contributed by atoms with van der Waals surface area (Å²) in [6.45, 7) is 0. The number of nitro groups is 1. The van der Waals surface area contributed by atoms with Gasteiger partial charge in [0, 0.05) is 33.6 Å². The Morgan fingerprint density at radius 3 is 2.39 bits per heavy atom. The Morgan fingerprint density at radius 1 is 1.00 bits per heavy atom. The van der Waals surface area contributed by atoms with Crippen LogP contribution in [0.5, 0.6) is 0 Å². The number of pyridine rings is 1. The van der Waals surface area contributed by atoms with Crippen molar-refractivity contribution in [1.82, 2.24) is 4.98 Å². The maximum atomic E-state index is 13.1. The minimum Gasteiger partial charge on any atom is -0.321 e. The topological polar surface area (TPSA) is 93.1 Å². The molecule has 0 bridgehead atoms. The zero-order valence-electron chi connectivity index (χ0n) is 16.0. The third-order valence-corrected chi connectivity index (χ3v) is 5.07. The van der Waals surface area contributed by atoms with E-state index in [1.807, 2.05) is 6.07 Å². The number of nitrogens with one attached hydrogen (secondary N) is 1. The van der Waals surface area contributed by atoms with Gasteiger partial charge in [0.25, 0.3) is 11.2 Å². The lowest BCUT2D eigenvalue weighted by atomic mass is 9.93. The summed E-state index contributed by atoms with van der Waals surface area (Å²) in [4.78, 5) is 39.4. The predicted octanol–water partition coefficient (Wildman–Crippen LogP) is 5.65. The predicted molar refractivity (Wildman–Crippen MR) is 121 cm³/mol. The van der Waals surface area contributed by atoms with E-state index in [9.17, 15) is 19.7 Å². The first kappa shape index (κ1) is 20.3. The number of rotatable bonds is 5. The molecule has 0 saturated carbocycles. The Morgan fingerprint density at radius 2 is 1.71 bits per heavy atom. The Balaban J connectivity index is 1.94. The maximum Gasteiger partial charge on any atom is 0.270 e. The first-order valence-corrected chi connectivity index (χ1v) is 9.69. The third-order valence-electron chi connectivity index (χ3n) is 4.81. The molecule has 0 spiro atoms. The molecule has 0 amide bonds. The van der Waals surface area contributed by atoms with Gasteiger partial charge in [-0.15, -0.1) is 0 Å². The number of nitrogens with zero attached hydrogens (tertiary/aromatic N) is 1. The number of allylic oxidation sites excluding steroid dienone is 1. The quantitative estimate of drug-likeness (QED) is 0.191. The molecule has 0 aliphatic carbocycles. The molecule has 7 heteroatoms. The van der Waals surface area contributed by atoms with Crippen molar-refractivity contribution >= 4 is 40.1 Å². The van der Waals surface area contributed by atoms with Crippen LogP contribution in [0.4, 0.5) is 5.69 Å². The molecular weight excluding hydrogens is 416 g/mol. The Bertz CT molecular complexity index is 1390. The molecule has 0 atom stereocenters. The van der Waals surface area contributed by atoms with Gasteiger partial charge in [-0.3, -0.25) is 19.7 Å². The van der Waals surface area contributed by atoms with Crippen molar-refractivity contribution in [2.75, 3.05) is 0 Å². The van der Waals surface area contributed by atoms with Crippen LogP contribution >= 0.6 is 11.6 Å². The second-order valence-electron chi connectivity index (χ2n) is 6.81. The molecule has 31 heavy (non-hydrogen) atoms. The number of benzene rings is 3. The van der Waals surface area contributed by atoms with Crippen molar-refractivity contribution in [3.8, 4) is 11.1 Å². The molecule has 1 heterocycles. The summed E-state index contributed by atoms with van der Waals surface area (Å²) in [5.74, 6) is -0.511. The first-order chi connectivity index (χ1) is 14.9. The molecule has 0 fully saturated rings. The number of non-ortho nitro benzene ring substituents is 1. The average Bonchev–Trinajstić information content (AvgIpc) is 2.77. The second kappa shape index (κ2) is 8.38. The molecular formula is C24H15ClN2O4. The minimum absolute atomic E-state index is 0.0792. The number of ketones is 1. The lowest BCUT2D eigenvalue weighted by Crippen LogP contribution is -2.18. The molecule has 6 nitrogen and oxygen atoms in total. The molecule has 4 aromatic rings. The number of nitro benzene ring substituents is 1. The average molecular weight is 431 g/mol. The zero-order chi connectivity index (χ0) is 22.0. The van der Waals surface area contributed by atoms with E-state index in [4.69, 9.17) is 11.6 Å². The van der Waals surface area contributed by atoms with E-state index in [2.05, 4.69) is 4.98 Å². The van der Waals surface area contributed by atoms with Crippen LogP contribution in [0.1, 0.15) is 15.9 Å². The van der Waals surface area contributed by atoms with E-state index in [-0.39, 0.29) is 11.3 Å². The van der Waals surface area contributed by atoms with Crippen LogP contribution in [0.25, 0.3) is 28.1 Å². The molecule has 0 aliphatic rings. The van der Waals surface area contributed by atoms with Crippen molar-refractivity contribution in [2.24, 2.45) is 0 Å². The van der Waals surface area contributed by atoms with Crippen LogP contribution in [-0.4, -0.2) is 15.7 Å². The smallest absolute Gasteiger partial charge is 0.270 e. The van der Waals surface area contributed by atoms with Gasteiger partial charge in [-0.05, 0) is 35.4 Å². The van der Waals surface area contributed by atoms with Crippen molar-refractivity contribution in [3.05, 3.63) is 115 Å². The number of carbonyl (C=O) groups is 1. The highest BCUT2D eigenvalue weighted by molar-refractivity contribution is 6.30. The number of aromatic amines is 1. The molecule has 1 N–H and O–H groups in total. The largest absolute Gasteiger partial charge is 0.321 e. The van der Waals surface area contributed by atoms with Crippen LogP contribution in [0.3, 0.4) is 0 Å².